The molecule has 1 heterocycles. The molecule has 0 aliphatic heterocycles. The molecule has 0 amide bonds. The van der Waals surface area contributed by atoms with Crippen LogP contribution < -0.4 is 4.74 Å². The van der Waals surface area contributed by atoms with Gasteiger partial charge in [0.1, 0.15) is 10.6 Å². The van der Waals surface area contributed by atoms with E-state index in [0.29, 0.717) is 10.9 Å². The summed E-state index contributed by atoms with van der Waals surface area (Å²) < 4.78 is 5.73. The van der Waals surface area contributed by atoms with E-state index in [1.165, 1.54) is 0 Å². The molecule has 0 unspecified atom stereocenters. The van der Waals surface area contributed by atoms with Gasteiger partial charge in [0.25, 0.3) is 5.19 Å². The maximum atomic E-state index is 11.0. The summed E-state index contributed by atoms with van der Waals surface area (Å²) in [5.41, 5.74) is 3.76. The Labute approximate surface area is 115 Å². The minimum absolute atomic E-state index is 0.219. The second kappa shape index (κ2) is 5.01. The van der Waals surface area contributed by atoms with Gasteiger partial charge in [-0.25, -0.2) is 9.78 Å². The van der Waals surface area contributed by atoms with Crippen LogP contribution in [0.1, 0.15) is 32.1 Å². The number of benzene rings is 1. The second-order valence-electron chi connectivity index (χ2n) is 4.51. The monoisotopic (exact) mass is 277 g/mol. The summed E-state index contributed by atoms with van der Waals surface area (Å²) in [6.07, 6.45) is 0. The van der Waals surface area contributed by atoms with Crippen LogP contribution in [0.25, 0.3) is 0 Å². The fourth-order valence-electron chi connectivity index (χ4n) is 1.81. The molecule has 1 N–H and O–H groups in total. The van der Waals surface area contributed by atoms with E-state index in [4.69, 9.17) is 9.84 Å². The Hall–Kier alpha value is -1.88. The molecule has 4 nitrogen and oxygen atoms in total. The molecule has 0 saturated carbocycles. The maximum absolute atomic E-state index is 11.0. The van der Waals surface area contributed by atoms with Crippen molar-refractivity contribution in [3.63, 3.8) is 0 Å². The lowest BCUT2D eigenvalue weighted by Crippen LogP contribution is -1.94. The van der Waals surface area contributed by atoms with Crippen molar-refractivity contribution in [2.45, 2.75) is 27.7 Å². The number of aromatic nitrogens is 1. The van der Waals surface area contributed by atoms with E-state index in [1.807, 2.05) is 26.8 Å². The predicted octanol–water partition coefficient (Wildman–Crippen LogP) is 3.87. The minimum atomic E-state index is -0.970. The summed E-state index contributed by atoms with van der Waals surface area (Å²) in [5.74, 6) is -0.245. The van der Waals surface area contributed by atoms with Gasteiger partial charge in [-0.1, -0.05) is 17.4 Å². The number of rotatable bonds is 3. The van der Waals surface area contributed by atoms with Crippen molar-refractivity contribution in [1.82, 2.24) is 4.98 Å². The summed E-state index contributed by atoms with van der Waals surface area (Å²) in [4.78, 5) is 15.3. The fraction of sp³-hybridized carbons (Fsp3) is 0.286. The Bertz CT molecular complexity index is 646. The highest BCUT2D eigenvalue weighted by Crippen LogP contribution is 2.32. The summed E-state index contributed by atoms with van der Waals surface area (Å²) in [6, 6.07) is 4.01. The Kier molecular flexibility index (Phi) is 3.57. The van der Waals surface area contributed by atoms with Crippen molar-refractivity contribution < 1.29 is 14.6 Å². The van der Waals surface area contributed by atoms with Crippen LogP contribution in [0.15, 0.2) is 12.1 Å². The summed E-state index contributed by atoms with van der Waals surface area (Å²) in [7, 11) is 0. The van der Waals surface area contributed by atoms with Gasteiger partial charge in [-0.15, -0.1) is 0 Å². The Balaban J connectivity index is 2.36. The summed E-state index contributed by atoms with van der Waals surface area (Å²) in [6.45, 7) is 7.66. The molecule has 0 atom stereocenters. The average molecular weight is 277 g/mol. The van der Waals surface area contributed by atoms with Gasteiger partial charge in [0.15, 0.2) is 0 Å². The van der Waals surface area contributed by atoms with E-state index in [-0.39, 0.29) is 4.88 Å². The molecular formula is C14H15NO3S. The third-order valence-electron chi connectivity index (χ3n) is 2.93. The highest BCUT2D eigenvalue weighted by molar-refractivity contribution is 7.15. The molecule has 0 fully saturated rings. The van der Waals surface area contributed by atoms with Crippen LogP contribution in [-0.2, 0) is 0 Å². The average Bonchev–Trinajstić information content (AvgIpc) is 2.66. The first kappa shape index (κ1) is 13.5. The van der Waals surface area contributed by atoms with Crippen molar-refractivity contribution in [3.8, 4) is 10.9 Å². The largest absolute Gasteiger partial charge is 0.477 e. The number of hydrogen-bond donors (Lipinski definition) is 1. The molecule has 0 saturated heterocycles. The first-order chi connectivity index (χ1) is 8.88. The molecule has 0 aliphatic rings. The Morgan fingerprint density at radius 3 is 2.53 bits per heavy atom. The molecule has 1 aromatic heterocycles. The first-order valence-electron chi connectivity index (χ1n) is 5.85. The van der Waals surface area contributed by atoms with Crippen molar-refractivity contribution in [2.75, 3.05) is 0 Å². The molecular weight excluding hydrogens is 262 g/mol. The van der Waals surface area contributed by atoms with Gasteiger partial charge in [0.2, 0.25) is 0 Å². The van der Waals surface area contributed by atoms with Crippen LogP contribution in [0, 0.1) is 27.7 Å². The molecule has 0 spiro atoms. The SMILES string of the molecule is Cc1cc(C)c(C)c(Oc2nc(C)c(C(=O)O)s2)c1. The third-order valence-corrected chi connectivity index (χ3v) is 3.96. The zero-order valence-corrected chi connectivity index (χ0v) is 12.1. The number of aryl methyl sites for hydroxylation is 3. The first-order valence-corrected chi connectivity index (χ1v) is 6.66. The van der Waals surface area contributed by atoms with Gasteiger partial charge in [-0.3, -0.25) is 0 Å². The number of carboxylic acids is 1. The van der Waals surface area contributed by atoms with Gasteiger partial charge < -0.3 is 9.84 Å². The van der Waals surface area contributed by atoms with E-state index < -0.39 is 5.97 Å². The topological polar surface area (TPSA) is 59.4 Å². The zero-order chi connectivity index (χ0) is 14.2. The predicted molar refractivity (Wildman–Crippen MR) is 74.5 cm³/mol. The van der Waals surface area contributed by atoms with Crippen LogP contribution >= 0.6 is 11.3 Å². The zero-order valence-electron chi connectivity index (χ0n) is 11.3. The molecule has 0 radical (unpaired) electrons. The number of nitrogens with zero attached hydrogens (tertiary/aromatic N) is 1. The standard InChI is InChI=1S/C14H15NO3S/c1-7-5-8(2)9(3)11(6-7)18-14-15-10(4)12(19-14)13(16)17/h5-6H,1-4H3,(H,16,17). The minimum Gasteiger partial charge on any atom is -0.477 e. The number of carbonyl (C=O) groups is 1. The number of hydrogen-bond acceptors (Lipinski definition) is 4. The lowest BCUT2D eigenvalue weighted by Gasteiger charge is -2.09. The lowest BCUT2D eigenvalue weighted by atomic mass is 10.1. The molecule has 19 heavy (non-hydrogen) atoms. The summed E-state index contributed by atoms with van der Waals surface area (Å²) >= 11 is 1.05. The molecule has 0 bridgehead atoms. The summed E-state index contributed by atoms with van der Waals surface area (Å²) in [5, 5.41) is 9.37. The van der Waals surface area contributed by atoms with Crippen molar-refractivity contribution in [2.24, 2.45) is 0 Å². The van der Waals surface area contributed by atoms with E-state index in [9.17, 15) is 4.79 Å². The molecule has 0 aliphatic carbocycles. The van der Waals surface area contributed by atoms with Crippen LogP contribution in [0.5, 0.6) is 10.9 Å². The van der Waals surface area contributed by atoms with Gasteiger partial charge in [0.05, 0.1) is 5.69 Å². The van der Waals surface area contributed by atoms with E-state index >= 15 is 0 Å². The number of carboxylic acid groups (broad SMARTS) is 1. The quantitative estimate of drug-likeness (QED) is 0.925. The highest BCUT2D eigenvalue weighted by atomic mass is 32.1. The van der Waals surface area contributed by atoms with Crippen molar-refractivity contribution in [1.29, 1.82) is 0 Å². The van der Waals surface area contributed by atoms with Gasteiger partial charge in [0, 0.05) is 0 Å². The normalized spacial score (nSPS) is 10.5. The number of aromatic carboxylic acids is 1. The van der Waals surface area contributed by atoms with E-state index in [2.05, 4.69) is 11.1 Å². The van der Waals surface area contributed by atoms with Crippen LogP contribution in [0.4, 0.5) is 0 Å². The lowest BCUT2D eigenvalue weighted by molar-refractivity contribution is 0.0701. The van der Waals surface area contributed by atoms with Gasteiger partial charge in [-0.2, -0.15) is 0 Å². The maximum Gasteiger partial charge on any atom is 0.347 e. The number of thiazole rings is 1. The smallest absolute Gasteiger partial charge is 0.347 e. The molecule has 100 valence electrons. The van der Waals surface area contributed by atoms with Gasteiger partial charge >= 0.3 is 5.97 Å². The molecule has 1 aromatic carbocycles. The third kappa shape index (κ3) is 2.76. The highest BCUT2D eigenvalue weighted by Gasteiger charge is 2.16. The van der Waals surface area contributed by atoms with Crippen molar-refractivity contribution >= 4 is 17.3 Å². The fourth-order valence-corrected chi connectivity index (χ4v) is 2.58. The molecule has 5 heteroatoms. The van der Waals surface area contributed by atoms with E-state index in [1.54, 1.807) is 6.92 Å². The number of ether oxygens (including phenoxy) is 1. The Morgan fingerprint density at radius 1 is 1.26 bits per heavy atom. The second-order valence-corrected chi connectivity index (χ2v) is 5.47. The van der Waals surface area contributed by atoms with Crippen LogP contribution in [-0.4, -0.2) is 16.1 Å². The van der Waals surface area contributed by atoms with E-state index in [0.717, 1.165) is 33.8 Å². The van der Waals surface area contributed by atoms with Crippen LogP contribution in [0.2, 0.25) is 0 Å². The molecule has 2 aromatic rings. The van der Waals surface area contributed by atoms with Gasteiger partial charge in [-0.05, 0) is 50.5 Å². The Morgan fingerprint density at radius 2 is 1.95 bits per heavy atom. The van der Waals surface area contributed by atoms with Crippen molar-refractivity contribution in [3.05, 3.63) is 39.4 Å². The molecule has 2 rings (SSSR count). The van der Waals surface area contributed by atoms with Crippen LogP contribution in [0.3, 0.4) is 0 Å².